The summed E-state index contributed by atoms with van der Waals surface area (Å²) in [6.45, 7) is 5.99. The highest BCUT2D eigenvalue weighted by Gasteiger charge is 2.20. The third-order valence-electron chi connectivity index (χ3n) is 5.12. The summed E-state index contributed by atoms with van der Waals surface area (Å²) in [6.07, 6.45) is 0. The Kier molecular flexibility index (Phi) is 3.80. The number of carbonyl (C=O) groups is 1. The van der Waals surface area contributed by atoms with Crippen LogP contribution in [0.1, 0.15) is 40.4 Å². The van der Waals surface area contributed by atoms with Gasteiger partial charge in [-0.2, -0.15) is 5.10 Å². The van der Waals surface area contributed by atoms with E-state index in [1.165, 1.54) is 5.39 Å². The Morgan fingerprint density at radius 2 is 1.92 bits per heavy atom. The van der Waals surface area contributed by atoms with E-state index in [0.29, 0.717) is 5.69 Å². The normalized spacial score (nSPS) is 12.6. The maximum atomic E-state index is 12.8. The number of aryl methyl sites for hydroxylation is 2. The van der Waals surface area contributed by atoms with Crippen LogP contribution < -0.4 is 5.32 Å². The highest BCUT2D eigenvalue weighted by atomic mass is 16.1. The van der Waals surface area contributed by atoms with E-state index in [9.17, 15) is 4.79 Å². The molecule has 0 aliphatic rings. The average Bonchev–Trinajstić information content (AvgIpc) is 3.16. The van der Waals surface area contributed by atoms with Crippen LogP contribution in [0.3, 0.4) is 0 Å². The van der Waals surface area contributed by atoms with Gasteiger partial charge in [-0.3, -0.25) is 9.48 Å². The highest BCUT2D eigenvalue weighted by molar-refractivity contribution is 6.09. The van der Waals surface area contributed by atoms with Crippen LogP contribution in [0, 0.1) is 13.8 Å². The van der Waals surface area contributed by atoms with E-state index in [-0.39, 0.29) is 11.9 Å². The van der Waals surface area contributed by atoms with Crippen molar-refractivity contribution in [2.75, 3.05) is 0 Å². The molecule has 0 aliphatic heterocycles. The number of nitrogens with zero attached hydrogens (tertiary/aromatic N) is 2. The van der Waals surface area contributed by atoms with Crippen molar-refractivity contribution in [1.82, 2.24) is 20.1 Å². The Morgan fingerprint density at radius 1 is 1.15 bits per heavy atom. The highest BCUT2D eigenvalue weighted by Crippen LogP contribution is 2.26. The molecule has 1 atom stereocenters. The van der Waals surface area contributed by atoms with Crippen LogP contribution in [0.2, 0.25) is 0 Å². The number of amides is 1. The van der Waals surface area contributed by atoms with Crippen LogP contribution in [0.4, 0.5) is 0 Å². The molecule has 0 fully saturated rings. The molecule has 5 nitrogen and oxygen atoms in total. The smallest absolute Gasteiger partial charge is 0.268 e. The lowest BCUT2D eigenvalue weighted by Crippen LogP contribution is -2.27. The van der Waals surface area contributed by atoms with Crippen LogP contribution in [0.15, 0.2) is 42.5 Å². The van der Waals surface area contributed by atoms with Gasteiger partial charge in [0.15, 0.2) is 0 Å². The van der Waals surface area contributed by atoms with E-state index < -0.39 is 0 Å². The number of rotatable bonds is 3. The molecule has 2 aromatic carbocycles. The number of aromatic amines is 1. The summed E-state index contributed by atoms with van der Waals surface area (Å²) in [4.78, 5) is 16.0. The molecular formula is C21H22N4O. The van der Waals surface area contributed by atoms with Crippen molar-refractivity contribution in [3.63, 3.8) is 0 Å². The van der Waals surface area contributed by atoms with Crippen molar-refractivity contribution in [3.8, 4) is 0 Å². The fourth-order valence-electron chi connectivity index (χ4n) is 3.77. The lowest BCUT2D eigenvalue weighted by molar-refractivity contribution is 0.0935. The molecule has 0 saturated heterocycles. The molecule has 26 heavy (non-hydrogen) atoms. The first-order valence-electron chi connectivity index (χ1n) is 8.77. The van der Waals surface area contributed by atoms with Crippen molar-refractivity contribution < 1.29 is 4.79 Å². The second-order valence-electron chi connectivity index (χ2n) is 6.83. The maximum Gasteiger partial charge on any atom is 0.268 e. The Labute approximate surface area is 152 Å². The van der Waals surface area contributed by atoms with E-state index in [2.05, 4.69) is 33.6 Å². The van der Waals surface area contributed by atoms with Gasteiger partial charge < -0.3 is 10.3 Å². The molecular weight excluding hydrogens is 324 g/mol. The number of fused-ring (bicyclic) bond motifs is 3. The summed E-state index contributed by atoms with van der Waals surface area (Å²) in [5.41, 5.74) is 4.62. The quantitative estimate of drug-likeness (QED) is 0.585. The fourth-order valence-corrected chi connectivity index (χ4v) is 3.77. The molecule has 4 aromatic rings. The predicted molar refractivity (Wildman–Crippen MR) is 104 cm³/mol. The fraction of sp³-hybridized carbons (Fsp3) is 0.238. The molecule has 1 unspecified atom stereocenters. The number of H-pyrrole nitrogens is 1. The van der Waals surface area contributed by atoms with Crippen LogP contribution in [-0.2, 0) is 7.05 Å². The number of nitrogens with one attached hydrogen (secondary N) is 2. The minimum atomic E-state index is -0.112. The van der Waals surface area contributed by atoms with Crippen molar-refractivity contribution in [3.05, 3.63) is 65.1 Å². The van der Waals surface area contributed by atoms with Crippen molar-refractivity contribution in [2.45, 2.75) is 26.8 Å². The first-order chi connectivity index (χ1) is 12.5. The van der Waals surface area contributed by atoms with E-state index in [4.69, 9.17) is 0 Å². The van der Waals surface area contributed by atoms with E-state index >= 15 is 0 Å². The van der Waals surface area contributed by atoms with Gasteiger partial charge in [-0.15, -0.1) is 0 Å². The van der Waals surface area contributed by atoms with Gasteiger partial charge in [-0.05, 0) is 43.7 Å². The van der Waals surface area contributed by atoms with Crippen LogP contribution in [-0.4, -0.2) is 20.7 Å². The van der Waals surface area contributed by atoms with Gasteiger partial charge in [0.2, 0.25) is 0 Å². The van der Waals surface area contributed by atoms with Gasteiger partial charge in [0.25, 0.3) is 5.91 Å². The minimum absolute atomic E-state index is 0.111. The molecule has 0 saturated carbocycles. The number of hydrogen-bond acceptors (Lipinski definition) is 2. The van der Waals surface area contributed by atoms with Crippen molar-refractivity contribution >= 4 is 27.6 Å². The second kappa shape index (κ2) is 6.02. The SMILES string of the molecule is Cc1nn(C)c(C)c1C(C)NC(=O)c1cc2c(ccc3ccccc32)[nH]1. The molecule has 0 radical (unpaired) electrons. The van der Waals surface area contributed by atoms with E-state index in [0.717, 1.165) is 33.2 Å². The molecule has 5 heteroatoms. The van der Waals surface area contributed by atoms with Gasteiger partial charge in [-0.25, -0.2) is 0 Å². The Morgan fingerprint density at radius 3 is 2.65 bits per heavy atom. The first kappa shape index (κ1) is 16.4. The Hall–Kier alpha value is -3.08. The summed E-state index contributed by atoms with van der Waals surface area (Å²) in [5.74, 6) is -0.111. The molecule has 2 aromatic heterocycles. The molecule has 132 valence electrons. The summed E-state index contributed by atoms with van der Waals surface area (Å²) in [6, 6.07) is 14.1. The number of hydrogen-bond donors (Lipinski definition) is 2. The summed E-state index contributed by atoms with van der Waals surface area (Å²) >= 11 is 0. The first-order valence-corrected chi connectivity index (χ1v) is 8.77. The van der Waals surface area contributed by atoms with Crippen LogP contribution in [0.5, 0.6) is 0 Å². The van der Waals surface area contributed by atoms with Gasteiger partial charge in [0.05, 0.1) is 11.7 Å². The monoisotopic (exact) mass is 346 g/mol. The Balaban J connectivity index is 1.67. The zero-order valence-corrected chi connectivity index (χ0v) is 15.4. The zero-order chi connectivity index (χ0) is 18.4. The topological polar surface area (TPSA) is 62.7 Å². The molecule has 0 spiro atoms. The number of carbonyl (C=O) groups excluding carboxylic acids is 1. The van der Waals surface area contributed by atoms with Gasteiger partial charge >= 0.3 is 0 Å². The summed E-state index contributed by atoms with van der Waals surface area (Å²) in [5, 5.41) is 10.9. The van der Waals surface area contributed by atoms with E-state index in [1.807, 2.05) is 56.8 Å². The standard InChI is InChI=1S/C21H22N4O/c1-12(20-13(2)24-25(4)14(20)3)22-21(26)19-11-17-16-8-6-5-7-15(16)9-10-18(17)23-19/h5-12,23H,1-4H3,(H,22,26). The lowest BCUT2D eigenvalue weighted by atomic mass is 10.1. The minimum Gasteiger partial charge on any atom is -0.351 e. The van der Waals surface area contributed by atoms with Crippen molar-refractivity contribution in [1.29, 1.82) is 0 Å². The van der Waals surface area contributed by atoms with E-state index in [1.54, 1.807) is 0 Å². The molecule has 0 bridgehead atoms. The molecule has 2 heterocycles. The maximum absolute atomic E-state index is 12.8. The summed E-state index contributed by atoms with van der Waals surface area (Å²) in [7, 11) is 1.92. The molecule has 0 aliphatic carbocycles. The second-order valence-corrected chi connectivity index (χ2v) is 6.83. The van der Waals surface area contributed by atoms with Gasteiger partial charge in [0.1, 0.15) is 5.69 Å². The lowest BCUT2D eigenvalue weighted by Gasteiger charge is -2.14. The Bertz CT molecular complexity index is 1140. The third kappa shape index (κ3) is 2.56. The molecule has 2 N–H and O–H groups in total. The summed E-state index contributed by atoms with van der Waals surface area (Å²) < 4.78 is 1.85. The van der Waals surface area contributed by atoms with Gasteiger partial charge in [-0.1, -0.05) is 30.3 Å². The van der Waals surface area contributed by atoms with Crippen LogP contribution >= 0.6 is 0 Å². The van der Waals surface area contributed by atoms with Crippen molar-refractivity contribution in [2.24, 2.45) is 7.05 Å². The largest absolute Gasteiger partial charge is 0.351 e. The number of benzene rings is 2. The third-order valence-corrected chi connectivity index (χ3v) is 5.12. The average molecular weight is 346 g/mol. The predicted octanol–water partition coefficient (Wildman–Crippen LogP) is 4.16. The number of aromatic nitrogens is 3. The van der Waals surface area contributed by atoms with Gasteiger partial charge in [0, 0.05) is 29.2 Å². The van der Waals surface area contributed by atoms with Crippen LogP contribution in [0.25, 0.3) is 21.7 Å². The zero-order valence-electron chi connectivity index (χ0n) is 15.4. The molecule has 1 amide bonds. The molecule has 4 rings (SSSR count).